The summed E-state index contributed by atoms with van der Waals surface area (Å²) in [7, 11) is 0. The van der Waals surface area contributed by atoms with Crippen LogP contribution in [0.3, 0.4) is 0 Å². The molecule has 2 heteroatoms. The number of aliphatic imine (C=N–C) groups is 1. The van der Waals surface area contributed by atoms with E-state index in [1.807, 2.05) is 12.3 Å². The van der Waals surface area contributed by atoms with E-state index in [4.69, 9.17) is 0 Å². The first-order valence-electron chi connectivity index (χ1n) is 4.75. The molecular weight excluding hydrogens is 160 g/mol. The molecule has 2 rings (SSSR count). The summed E-state index contributed by atoms with van der Waals surface area (Å²) in [5.74, 6) is 0.463. The van der Waals surface area contributed by atoms with Crippen molar-refractivity contribution in [3.8, 4) is 0 Å². The molecule has 13 heavy (non-hydrogen) atoms. The number of hydrogen-bond donors (Lipinski definition) is 1. The smallest absolute Gasteiger partial charge is 0.128 e. The molecule has 70 valence electrons. The van der Waals surface area contributed by atoms with E-state index in [9.17, 15) is 0 Å². The van der Waals surface area contributed by atoms with E-state index < -0.39 is 0 Å². The zero-order valence-corrected chi connectivity index (χ0v) is 8.41. The van der Waals surface area contributed by atoms with Crippen molar-refractivity contribution in [3.63, 3.8) is 0 Å². The molecule has 0 aliphatic carbocycles. The Balaban J connectivity index is 2.25. The molecule has 2 aliphatic rings. The molecule has 2 nitrogen and oxygen atoms in total. The van der Waals surface area contributed by atoms with Crippen LogP contribution in [-0.4, -0.2) is 12.4 Å². The second kappa shape index (κ2) is 2.72. The lowest BCUT2D eigenvalue weighted by Gasteiger charge is -2.26. The molecule has 0 aromatic carbocycles. The van der Waals surface area contributed by atoms with Gasteiger partial charge in [-0.05, 0) is 23.3 Å². The summed E-state index contributed by atoms with van der Waals surface area (Å²) in [6.45, 7) is 6.74. The topological polar surface area (TPSA) is 24.4 Å². The van der Waals surface area contributed by atoms with E-state index in [-0.39, 0.29) is 11.6 Å². The fraction of sp³-hybridized carbons (Fsp3) is 0.545. The van der Waals surface area contributed by atoms with Crippen molar-refractivity contribution in [3.05, 3.63) is 23.9 Å². The summed E-state index contributed by atoms with van der Waals surface area (Å²) in [4.78, 5) is 4.38. The molecule has 0 aromatic rings. The molecule has 0 bridgehead atoms. The summed E-state index contributed by atoms with van der Waals surface area (Å²) in [6.07, 6.45) is 8.51. The first-order chi connectivity index (χ1) is 6.09. The molecular formula is C11H16N2. The van der Waals surface area contributed by atoms with Gasteiger partial charge in [-0.2, -0.15) is 0 Å². The van der Waals surface area contributed by atoms with Crippen molar-refractivity contribution in [1.29, 1.82) is 0 Å². The van der Waals surface area contributed by atoms with E-state index in [2.05, 4.69) is 43.4 Å². The van der Waals surface area contributed by atoms with E-state index in [0.717, 1.165) is 0 Å². The summed E-state index contributed by atoms with van der Waals surface area (Å²) in [6, 6.07) is 0. The van der Waals surface area contributed by atoms with Crippen LogP contribution in [0.2, 0.25) is 0 Å². The summed E-state index contributed by atoms with van der Waals surface area (Å²) in [5, 5.41) is 3.30. The van der Waals surface area contributed by atoms with Crippen LogP contribution in [0.5, 0.6) is 0 Å². The van der Waals surface area contributed by atoms with Gasteiger partial charge in [0.25, 0.3) is 0 Å². The van der Waals surface area contributed by atoms with Crippen molar-refractivity contribution in [1.82, 2.24) is 5.32 Å². The molecule has 0 fully saturated rings. The first-order valence-corrected chi connectivity index (χ1v) is 4.75. The average molecular weight is 176 g/mol. The predicted octanol–water partition coefficient (Wildman–Crippen LogP) is 2.10. The maximum Gasteiger partial charge on any atom is 0.128 e. The lowest BCUT2D eigenvalue weighted by Crippen LogP contribution is -2.28. The van der Waals surface area contributed by atoms with Gasteiger partial charge in [-0.15, -0.1) is 0 Å². The van der Waals surface area contributed by atoms with Crippen LogP contribution in [0, 0.1) is 11.3 Å². The molecule has 2 atom stereocenters. The quantitative estimate of drug-likeness (QED) is 0.600. The SMILES string of the molecule is CC(C)(C)C1=CNC2N=CC=CC12. The molecule has 0 aromatic heterocycles. The molecule has 0 saturated heterocycles. The monoisotopic (exact) mass is 176 g/mol. The van der Waals surface area contributed by atoms with Crippen LogP contribution in [-0.2, 0) is 0 Å². The van der Waals surface area contributed by atoms with E-state index in [1.54, 1.807) is 0 Å². The zero-order chi connectivity index (χ0) is 9.47. The molecule has 0 spiro atoms. The van der Waals surface area contributed by atoms with Gasteiger partial charge in [-0.3, -0.25) is 4.99 Å². The Bertz CT molecular complexity index is 292. The third kappa shape index (κ3) is 1.41. The van der Waals surface area contributed by atoms with Crippen molar-refractivity contribution < 1.29 is 0 Å². The number of allylic oxidation sites excluding steroid dienone is 1. The highest BCUT2D eigenvalue weighted by Crippen LogP contribution is 2.37. The van der Waals surface area contributed by atoms with Gasteiger partial charge < -0.3 is 5.32 Å². The number of nitrogens with zero attached hydrogens (tertiary/aromatic N) is 1. The summed E-state index contributed by atoms with van der Waals surface area (Å²) in [5.41, 5.74) is 1.69. The van der Waals surface area contributed by atoms with Crippen LogP contribution in [0.25, 0.3) is 0 Å². The van der Waals surface area contributed by atoms with Crippen LogP contribution >= 0.6 is 0 Å². The van der Waals surface area contributed by atoms with Crippen molar-refractivity contribution in [2.75, 3.05) is 0 Å². The Morgan fingerprint density at radius 3 is 2.85 bits per heavy atom. The van der Waals surface area contributed by atoms with E-state index >= 15 is 0 Å². The summed E-state index contributed by atoms with van der Waals surface area (Å²) >= 11 is 0. The highest BCUT2D eigenvalue weighted by molar-refractivity contribution is 5.73. The lowest BCUT2D eigenvalue weighted by molar-refractivity contribution is 0.436. The molecule has 1 N–H and O–H groups in total. The molecule has 2 unspecified atom stereocenters. The zero-order valence-electron chi connectivity index (χ0n) is 8.41. The standard InChI is InChI=1S/C11H16N2/c1-11(2,3)9-7-13-10-8(9)5-4-6-12-10/h4-8,10,13H,1-3H3. The van der Waals surface area contributed by atoms with Crippen molar-refractivity contribution in [2.45, 2.75) is 26.9 Å². The fourth-order valence-corrected chi connectivity index (χ4v) is 1.92. The second-order valence-corrected chi connectivity index (χ2v) is 4.67. The highest BCUT2D eigenvalue weighted by atomic mass is 15.1. The Hall–Kier alpha value is -1.05. The third-order valence-electron chi connectivity index (χ3n) is 2.63. The lowest BCUT2D eigenvalue weighted by atomic mass is 9.79. The second-order valence-electron chi connectivity index (χ2n) is 4.67. The molecule has 0 radical (unpaired) electrons. The van der Waals surface area contributed by atoms with Crippen LogP contribution in [0.15, 0.2) is 28.9 Å². The van der Waals surface area contributed by atoms with E-state index in [0.29, 0.717) is 5.92 Å². The average Bonchev–Trinajstić information content (AvgIpc) is 2.45. The Morgan fingerprint density at radius 2 is 2.15 bits per heavy atom. The Morgan fingerprint density at radius 1 is 1.38 bits per heavy atom. The van der Waals surface area contributed by atoms with Gasteiger partial charge in [0.2, 0.25) is 0 Å². The minimum absolute atomic E-state index is 0.240. The van der Waals surface area contributed by atoms with Crippen LogP contribution in [0.4, 0.5) is 0 Å². The number of dihydropyridines is 1. The minimum Gasteiger partial charge on any atom is -0.369 e. The van der Waals surface area contributed by atoms with E-state index in [1.165, 1.54) is 5.57 Å². The van der Waals surface area contributed by atoms with Gasteiger partial charge in [-0.1, -0.05) is 26.8 Å². The van der Waals surface area contributed by atoms with Gasteiger partial charge in [0, 0.05) is 12.1 Å². The van der Waals surface area contributed by atoms with Crippen molar-refractivity contribution >= 4 is 6.21 Å². The van der Waals surface area contributed by atoms with Crippen LogP contribution in [0.1, 0.15) is 20.8 Å². The normalized spacial score (nSPS) is 31.2. The number of hydrogen-bond acceptors (Lipinski definition) is 2. The third-order valence-corrected chi connectivity index (χ3v) is 2.63. The van der Waals surface area contributed by atoms with Gasteiger partial charge in [0.1, 0.15) is 6.17 Å². The molecule has 0 amide bonds. The van der Waals surface area contributed by atoms with Crippen molar-refractivity contribution in [2.24, 2.45) is 16.3 Å². The van der Waals surface area contributed by atoms with Gasteiger partial charge in [-0.25, -0.2) is 0 Å². The fourth-order valence-electron chi connectivity index (χ4n) is 1.92. The summed E-state index contributed by atoms with van der Waals surface area (Å²) < 4.78 is 0. The first kappa shape index (κ1) is 8.54. The number of nitrogens with one attached hydrogen (secondary N) is 1. The Kier molecular flexibility index (Phi) is 1.79. The molecule has 2 heterocycles. The number of rotatable bonds is 0. The van der Waals surface area contributed by atoms with Gasteiger partial charge in [0.05, 0.1) is 0 Å². The number of fused-ring (bicyclic) bond motifs is 1. The largest absolute Gasteiger partial charge is 0.369 e. The maximum absolute atomic E-state index is 4.38. The van der Waals surface area contributed by atoms with Crippen LogP contribution < -0.4 is 5.32 Å². The minimum atomic E-state index is 0.240. The Labute approximate surface area is 79.4 Å². The van der Waals surface area contributed by atoms with Gasteiger partial charge >= 0.3 is 0 Å². The molecule has 2 aliphatic heterocycles. The highest BCUT2D eigenvalue weighted by Gasteiger charge is 2.34. The van der Waals surface area contributed by atoms with Gasteiger partial charge in [0.15, 0.2) is 0 Å². The molecule has 0 saturated carbocycles. The predicted molar refractivity (Wildman–Crippen MR) is 55.6 cm³/mol. The maximum atomic E-state index is 4.38.